The quantitative estimate of drug-likeness (QED) is 0.243. The van der Waals surface area contributed by atoms with Crippen LogP contribution >= 0.6 is 50.9 Å². The fourth-order valence-electron chi connectivity index (χ4n) is 2.71. The molecule has 0 aliphatic carbocycles. The highest BCUT2D eigenvalue weighted by atomic mass is 79.9. The van der Waals surface area contributed by atoms with Gasteiger partial charge in [-0.25, -0.2) is 0 Å². The molecule has 1 aromatic heterocycles. The first-order chi connectivity index (χ1) is 13.6. The first-order valence-electron chi connectivity index (χ1n) is 8.94. The van der Waals surface area contributed by atoms with Gasteiger partial charge in [0.05, 0.1) is 11.6 Å². The van der Waals surface area contributed by atoms with Gasteiger partial charge in [-0.3, -0.25) is 0 Å². The summed E-state index contributed by atoms with van der Waals surface area (Å²) in [5, 5.41) is 10.8. The smallest absolute Gasteiger partial charge is 0.191 e. The van der Waals surface area contributed by atoms with Crippen molar-refractivity contribution in [3.63, 3.8) is 0 Å². The Hall–Kier alpha value is -1.21. The average molecular weight is 501 g/mol. The van der Waals surface area contributed by atoms with Crippen molar-refractivity contribution in [2.24, 2.45) is 0 Å². The van der Waals surface area contributed by atoms with Crippen molar-refractivity contribution in [1.82, 2.24) is 14.8 Å². The van der Waals surface area contributed by atoms with Crippen molar-refractivity contribution in [2.45, 2.75) is 37.2 Å². The van der Waals surface area contributed by atoms with Crippen molar-refractivity contribution in [2.75, 3.05) is 6.61 Å². The zero-order chi connectivity index (χ0) is 19.9. The van der Waals surface area contributed by atoms with Crippen LogP contribution in [0, 0.1) is 0 Å². The van der Waals surface area contributed by atoms with Crippen LogP contribution in [0.3, 0.4) is 0 Å². The van der Waals surface area contributed by atoms with Crippen molar-refractivity contribution < 1.29 is 4.74 Å². The van der Waals surface area contributed by atoms with Crippen LogP contribution in [-0.4, -0.2) is 21.4 Å². The molecule has 3 rings (SSSR count). The van der Waals surface area contributed by atoms with Crippen LogP contribution in [0.25, 0.3) is 0 Å². The van der Waals surface area contributed by atoms with Crippen LogP contribution in [0.15, 0.2) is 52.1 Å². The SMILES string of the molecule is CCn1c(CCCOc2ccc(Cl)cc2Cl)nnc1SCc1cccc(Br)c1. The first-order valence-corrected chi connectivity index (χ1v) is 11.5. The van der Waals surface area contributed by atoms with Gasteiger partial charge in [0.2, 0.25) is 0 Å². The Kier molecular flexibility index (Phi) is 8.09. The number of aromatic nitrogens is 3. The van der Waals surface area contributed by atoms with E-state index in [0.29, 0.717) is 22.4 Å². The number of hydrogen-bond acceptors (Lipinski definition) is 4. The second kappa shape index (κ2) is 10.5. The van der Waals surface area contributed by atoms with E-state index in [1.165, 1.54) is 5.56 Å². The van der Waals surface area contributed by atoms with Gasteiger partial charge in [0.25, 0.3) is 0 Å². The number of thioether (sulfide) groups is 1. The third kappa shape index (κ3) is 5.89. The van der Waals surface area contributed by atoms with Crippen LogP contribution in [-0.2, 0) is 18.7 Å². The lowest BCUT2D eigenvalue weighted by atomic mass is 10.2. The van der Waals surface area contributed by atoms with Gasteiger partial charge in [0, 0.05) is 28.2 Å². The lowest BCUT2D eigenvalue weighted by Crippen LogP contribution is -2.06. The normalized spacial score (nSPS) is 11.0. The molecular formula is C20H20BrCl2N3OS. The van der Waals surface area contributed by atoms with Crippen LogP contribution in [0.1, 0.15) is 24.7 Å². The predicted octanol–water partition coefficient (Wildman–Crippen LogP) is 6.67. The van der Waals surface area contributed by atoms with E-state index in [9.17, 15) is 0 Å². The molecule has 28 heavy (non-hydrogen) atoms. The lowest BCUT2D eigenvalue weighted by molar-refractivity contribution is 0.309. The summed E-state index contributed by atoms with van der Waals surface area (Å²) in [4.78, 5) is 0. The Morgan fingerprint density at radius 1 is 1.14 bits per heavy atom. The fourth-order valence-corrected chi connectivity index (χ4v) is 4.58. The second-order valence-electron chi connectivity index (χ2n) is 6.09. The highest BCUT2D eigenvalue weighted by Crippen LogP contribution is 2.28. The molecule has 0 aliphatic rings. The van der Waals surface area contributed by atoms with Gasteiger partial charge in [0.15, 0.2) is 5.16 Å². The molecule has 0 fully saturated rings. The number of aryl methyl sites for hydroxylation is 1. The van der Waals surface area contributed by atoms with Crippen molar-refractivity contribution in [3.8, 4) is 5.75 Å². The molecule has 2 aromatic carbocycles. The summed E-state index contributed by atoms with van der Waals surface area (Å²) in [6, 6.07) is 13.6. The number of hydrogen-bond donors (Lipinski definition) is 0. The van der Waals surface area contributed by atoms with Crippen molar-refractivity contribution >= 4 is 50.9 Å². The molecule has 0 unspecified atom stereocenters. The molecule has 0 atom stereocenters. The summed E-state index contributed by atoms with van der Waals surface area (Å²) in [7, 11) is 0. The van der Waals surface area contributed by atoms with Gasteiger partial charge < -0.3 is 9.30 Å². The molecule has 3 aromatic rings. The molecular weight excluding hydrogens is 481 g/mol. The van der Waals surface area contributed by atoms with E-state index in [2.05, 4.69) is 49.8 Å². The number of rotatable bonds is 9. The number of benzene rings is 2. The van der Waals surface area contributed by atoms with Gasteiger partial charge in [0.1, 0.15) is 11.6 Å². The standard InChI is InChI=1S/C20H20BrCl2N3OS/c1-2-26-19(7-4-10-27-18-9-8-16(22)12-17(18)23)24-25-20(26)28-13-14-5-3-6-15(21)11-14/h3,5-6,8-9,11-12H,2,4,7,10,13H2,1H3. The molecule has 148 valence electrons. The third-order valence-electron chi connectivity index (χ3n) is 4.06. The summed E-state index contributed by atoms with van der Waals surface area (Å²) in [5.41, 5.74) is 1.25. The maximum Gasteiger partial charge on any atom is 0.191 e. The summed E-state index contributed by atoms with van der Waals surface area (Å²) < 4.78 is 9.00. The van der Waals surface area contributed by atoms with Gasteiger partial charge in [-0.05, 0) is 49.2 Å². The van der Waals surface area contributed by atoms with E-state index >= 15 is 0 Å². The lowest BCUT2D eigenvalue weighted by Gasteiger charge is -2.09. The number of nitrogens with zero attached hydrogens (tertiary/aromatic N) is 3. The molecule has 0 aliphatic heterocycles. The van der Waals surface area contributed by atoms with E-state index in [1.807, 2.05) is 12.1 Å². The van der Waals surface area contributed by atoms with Crippen LogP contribution in [0.2, 0.25) is 10.0 Å². The van der Waals surface area contributed by atoms with E-state index < -0.39 is 0 Å². The highest BCUT2D eigenvalue weighted by Gasteiger charge is 2.12. The molecule has 0 N–H and O–H groups in total. The Balaban J connectivity index is 1.53. The Morgan fingerprint density at radius 3 is 2.75 bits per heavy atom. The average Bonchev–Trinajstić information content (AvgIpc) is 3.07. The van der Waals surface area contributed by atoms with Gasteiger partial charge in [-0.2, -0.15) is 0 Å². The van der Waals surface area contributed by atoms with E-state index in [1.54, 1.807) is 30.0 Å². The molecule has 0 saturated heterocycles. The van der Waals surface area contributed by atoms with E-state index in [-0.39, 0.29) is 0 Å². The minimum Gasteiger partial charge on any atom is -0.492 e. The Bertz CT molecular complexity index is 936. The summed E-state index contributed by atoms with van der Waals surface area (Å²) in [6.45, 7) is 3.51. The molecule has 0 spiro atoms. The zero-order valence-corrected chi connectivity index (χ0v) is 19.3. The first kappa shape index (κ1) is 21.5. The molecule has 4 nitrogen and oxygen atoms in total. The molecule has 0 radical (unpaired) electrons. The largest absolute Gasteiger partial charge is 0.492 e. The van der Waals surface area contributed by atoms with Crippen LogP contribution < -0.4 is 4.74 Å². The molecule has 0 saturated carbocycles. The Morgan fingerprint density at radius 2 is 2.00 bits per heavy atom. The van der Waals surface area contributed by atoms with E-state index in [4.69, 9.17) is 27.9 Å². The fraction of sp³-hybridized carbons (Fsp3) is 0.300. The monoisotopic (exact) mass is 499 g/mol. The second-order valence-corrected chi connectivity index (χ2v) is 8.79. The van der Waals surface area contributed by atoms with Gasteiger partial charge in [-0.15, -0.1) is 10.2 Å². The van der Waals surface area contributed by atoms with Gasteiger partial charge >= 0.3 is 0 Å². The molecule has 8 heteroatoms. The topological polar surface area (TPSA) is 39.9 Å². The van der Waals surface area contributed by atoms with E-state index in [0.717, 1.165) is 40.6 Å². The number of halogens is 3. The molecule has 1 heterocycles. The summed E-state index contributed by atoms with van der Waals surface area (Å²) >= 11 is 17.2. The van der Waals surface area contributed by atoms with Crippen molar-refractivity contribution in [1.29, 1.82) is 0 Å². The zero-order valence-electron chi connectivity index (χ0n) is 15.4. The minimum absolute atomic E-state index is 0.524. The summed E-state index contributed by atoms with van der Waals surface area (Å²) in [5.74, 6) is 2.48. The molecule has 0 bridgehead atoms. The van der Waals surface area contributed by atoms with Crippen molar-refractivity contribution in [3.05, 3.63) is 68.4 Å². The van der Waals surface area contributed by atoms with Crippen LogP contribution in [0.5, 0.6) is 5.75 Å². The number of ether oxygens (including phenoxy) is 1. The summed E-state index contributed by atoms with van der Waals surface area (Å²) in [6.07, 6.45) is 1.62. The third-order valence-corrected chi connectivity index (χ3v) is 6.12. The Labute approximate surface area is 187 Å². The van der Waals surface area contributed by atoms with Crippen LogP contribution in [0.4, 0.5) is 0 Å². The predicted molar refractivity (Wildman–Crippen MR) is 120 cm³/mol. The van der Waals surface area contributed by atoms with Gasteiger partial charge in [-0.1, -0.05) is 63.0 Å². The minimum atomic E-state index is 0.524. The maximum atomic E-state index is 6.13. The highest BCUT2D eigenvalue weighted by molar-refractivity contribution is 9.10. The molecule has 0 amide bonds. The maximum absolute atomic E-state index is 6.13.